The van der Waals surface area contributed by atoms with Gasteiger partial charge in [0.25, 0.3) is 0 Å². The average Bonchev–Trinajstić information content (AvgIpc) is 2.62. The number of nitrogens with one attached hydrogen (secondary N) is 1. The molecule has 1 aliphatic rings. The van der Waals surface area contributed by atoms with Crippen molar-refractivity contribution in [1.82, 2.24) is 0 Å². The number of aliphatic hydroxyl groups is 1. The molecule has 0 heterocycles. The van der Waals surface area contributed by atoms with E-state index in [-0.39, 0.29) is 12.0 Å². The van der Waals surface area contributed by atoms with Gasteiger partial charge in [0, 0.05) is 18.2 Å². The van der Waals surface area contributed by atoms with E-state index in [1.807, 2.05) is 0 Å². The number of nitrogens with two attached hydrogens (primary N) is 1. The van der Waals surface area contributed by atoms with Crippen LogP contribution >= 0.6 is 23.2 Å². The number of aliphatic hydroxyl groups excluding tert-OH is 1. The van der Waals surface area contributed by atoms with Crippen molar-refractivity contribution in [1.29, 1.82) is 0 Å². The summed E-state index contributed by atoms with van der Waals surface area (Å²) >= 11 is 12.1. The standard InChI is InChI=1S/C12H16Cl2N2O/c13-9-4-8(15)5-10(14)12(9)16-6-7-2-1-3-11(7)17/h4-5,7,11,16-17H,1-3,6,15H2. The minimum atomic E-state index is -0.214. The van der Waals surface area contributed by atoms with Crippen LogP contribution in [-0.4, -0.2) is 17.8 Å². The molecule has 2 atom stereocenters. The molecule has 1 fully saturated rings. The van der Waals surface area contributed by atoms with E-state index in [0.29, 0.717) is 28.0 Å². The number of halogens is 2. The Balaban J connectivity index is 2.04. The summed E-state index contributed by atoms with van der Waals surface area (Å²) in [7, 11) is 0. The van der Waals surface area contributed by atoms with Gasteiger partial charge in [0.1, 0.15) is 0 Å². The molecule has 0 saturated heterocycles. The summed E-state index contributed by atoms with van der Waals surface area (Å²) in [6, 6.07) is 3.34. The third kappa shape index (κ3) is 2.97. The van der Waals surface area contributed by atoms with Gasteiger partial charge in [-0.15, -0.1) is 0 Å². The van der Waals surface area contributed by atoms with Gasteiger partial charge in [-0.2, -0.15) is 0 Å². The highest BCUT2D eigenvalue weighted by molar-refractivity contribution is 6.39. The largest absolute Gasteiger partial charge is 0.399 e. The second-order valence-corrected chi connectivity index (χ2v) is 5.31. The first-order chi connectivity index (χ1) is 8.08. The Labute approximate surface area is 111 Å². The maximum absolute atomic E-state index is 9.72. The van der Waals surface area contributed by atoms with Gasteiger partial charge in [0.05, 0.1) is 21.8 Å². The summed E-state index contributed by atoms with van der Waals surface area (Å²) in [4.78, 5) is 0. The molecular weight excluding hydrogens is 259 g/mol. The van der Waals surface area contributed by atoms with E-state index in [9.17, 15) is 5.11 Å². The molecule has 0 amide bonds. The number of benzene rings is 1. The summed E-state index contributed by atoms with van der Waals surface area (Å²) < 4.78 is 0. The summed E-state index contributed by atoms with van der Waals surface area (Å²) in [6.07, 6.45) is 2.79. The summed E-state index contributed by atoms with van der Waals surface area (Å²) in [5.74, 6) is 0.277. The normalized spacial score (nSPS) is 23.9. The van der Waals surface area contributed by atoms with Gasteiger partial charge in [-0.1, -0.05) is 29.6 Å². The molecule has 17 heavy (non-hydrogen) atoms. The van der Waals surface area contributed by atoms with Crippen molar-refractivity contribution in [2.45, 2.75) is 25.4 Å². The van der Waals surface area contributed by atoms with Gasteiger partial charge in [-0.3, -0.25) is 0 Å². The van der Waals surface area contributed by atoms with Crippen molar-refractivity contribution in [2.75, 3.05) is 17.6 Å². The molecular formula is C12H16Cl2N2O. The lowest BCUT2D eigenvalue weighted by Crippen LogP contribution is -2.22. The van der Waals surface area contributed by atoms with Crippen LogP contribution in [0.15, 0.2) is 12.1 Å². The Hall–Kier alpha value is -0.640. The van der Waals surface area contributed by atoms with E-state index in [4.69, 9.17) is 28.9 Å². The minimum Gasteiger partial charge on any atom is -0.399 e. The maximum Gasteiger partial charge on any atom is 0.0720 e. The summed E-state index contributed by atoms with van der Waals surface area (Å²) in [5, 5.41) is 14.0. The van der Waals surface area contributed by atoms with Gasteiger partial charge >= 0.3 is 0 Å². The van der Waals surface area contributed by atoms with Crippen LogP contribution in [-0.2, 0) is 0 Å². The van der Waals surface area contributed by atoms with E-state index in [0.717, 1.165) is 19.3 Å². The van der Waals surface area contributed by atoms with Crippen LogP contribution in [0.25, 0.3) is 0 Å². The van der Waals surface area contributed by atoms with E-state index in [1.165, 1.54) is 0 Å². The molecule has 0 bridgehead atoms. The Morgan fingerprint density at radius 2 is 1.94 bits per heavy atom. The molecule has 2 unspecified atom stereocenters. The Kier molecular flexibility index (Phi) is 4.02. The summed E-state index contributed by atoms with van der Waals surface area (Å²) in [6.45, 7) is 0.685. The van der Waals surface area contributed by atoms with Gasteiger partial charge in [0.15, 0.2) is 0 Å². The lowest BCUT2D eigenvalue weighted by Gasteiger charge is -2.17. The van der Waals surface area contributed by atoms with E-state index in [1.54, 1.807) is 12.1 Å². The van der Waals surface area contributed by atoms with Crippen LogP contribution in [0.1, 0.15) is 19.3 Å². The van der Waals surface area contributed by atoms with Gasteiger partial charge in [0.2, 0.25) is 0 Å². The molecule has 5 heteroatoms. The predicted octanol–water partition coefficient (Wildman–Crippen LogP) is 3.15. The number of anilines is 2. The van der Waals surface area contributed by atoms with Crippen molar-refractivity contribution in [3.63, 3.8) is 0 Å². The smallest absolute Gasteiger partial charge is 0.0720 e. The third-order valence-corrected chi connectivity index (χ3v) is 3.82. The zero-order valence-corrected chi connectivity index (χ0v) is 10.9. The van der Waals surface area contributed by atoms with Crippen molar-refractivity contribution >= 4 is 34.6 Å². The highest BCUT2D eigenvalue weighted by Crippen LogP contribution is 2.34. The highest BCUT2D eigenvalue weighted by Gasteiger charge is 2.25. The highest BCUT2D eigenvalue weighted by atomic mass is 35.5. The second kappa shape index (κ2) is 5.34. The van der Waals surface area contributed by atoms with Gasteiger partial charge in [-0.25, -0.2) is 0 Å². The van der Waals surface area contributed by atoms with Crippen molar-refractivity contribution in [3.8, 4) is 0 Å². The van der Waals surface area contributed by atoms with Gasteiger partial charge < -0.3 is 16.2 Å². The molecule has 2 rings (SSSR count). The van der Waals surface area contributed by atoms with E-state index in [2.05, 4.69) is 5.32 Å². The molecule has 94 valence electrons. The molecule has 1 aromatic rings. The Morgan fingerprint density at radius 3 is 2.47 bits per heavy atom. The quantitative estimate of drug-likeness (QED) is 0.743. The molecule has 0 spiro atoms. The number of hydrogen-bond acceptors (Lipinski definition) is 3. The molecule has 1 aromatic carbocycles. The molecule has 0 aromatic heterocycles. The van der Waals surface area contributed by atoms with Crippen molar-refractivity contribution < 1.29 is 5.11 Å². The number of hydrogen-bond donors (Lipinski definition) is 3. The SMILES string of the molecule is Nc1cc(Cl)c(NCC2CCCC2O)c(Cl)c1. The van der Waals surface area contributed by atoms with Crippen molar-refractivity contribution in [3.05, 3.63) is 22.2 Å². The molecule has 1 aliphatic carbocycles. The first kappa shape index (κ1) is 12.8. The second-order valence-electron chi connectivity index (χ2n) is 4.50. The monoisotopic (exact) mass is 274 g/mol. The average molecular weight is 275 g/mol. The third-order valence-electron chi connectivity index (χ3n) is 3.22. The minimum absolute atomic E-state index is 0.214. The molecule has 3 nitrogen and oxygen atoms in total. The fourth-order valence-electron chi connectivity index (χ4n) is 2.25. The fraction of sp³-hybridized carbons (Fsp3) is 0.500. The lowest BCUT2D eigenvalue weighted by atomic mass is 10.1. The molecule has 1 saturated carbocycles. The Bertz CT molecular complexity index is 388. The van der Waals surface area contributed by atoms with Crippen molar-refractivity contribution in [2.24, 2.45) is 5.92 Å². The number of nitrogen functional groups attached to an aromatic ring is 1. The molecule has 4 N–H and O–H groups in total. The van der Waals surface area contributed by atoms with Crippen LogP contribution in [0, 0.1) is 5.92 Å². The van der Waals surface area contributed by atoms with E-state index < -0.39 is 0 Å². The zero-order valence-electron chi connectivity index (χ0n) is 9.42. The maximum atomic E-state index is 9.72. The zero-order chi connectivity index (χ0) is 12.4. The Morgan fingerprint density at radius 1 is 1.29 bits per heavy atom. The molecule has 0 aliphatic heterocycles. The fourth-order valence-corrected chi connectivity index (χ4v) is 2.89. The van der Waals surface area contributed by atoms with E-state index >= 15 is 0 Å². The predicted molar refractivity (Wildman–Crippen MR) is 72.7 cm³/mol. The van der Waals surface area contributed by atoms with Crippen LogP contribution in [0.5, 0.6) is 0 Å². The van der Waals surface area contributed by atoms with Crippen LogP contribution in [0.3, 0.4) is 0 Å². The number of rotatable bonds is 3. The topological polar surface area (TPSA) is 58.3 Å². The van der Waals surface area contributed by atoms with Crippen LogP contribution in [0.4, 0.5) is 11.4 Å². The van der Waals surface area contributed by atoms with Gasteiger partial charge in [-0.05, 0) is 25.0 Å². The van der Waals surface area contributed by atoms with Crippen LogP contribution < -0.4 is 11.1 Å². The molecule has 0 radical (unpaired) electrons. The summed E-state index contributed by atoms with van der Waals surface area (Å²) in [5.41, 5.74) is 6.88. The van der Waals surface area contributed by atoms with Crippen LogP contribution in [0.2, 0.25) is 10.0 Å². The first-order valence-corrected chi connectivity index (χ1v) is 6.50. The first-order valence-electron chi connectivity index (χ1n) is 5.74. The lowest BCUT2D eigenvalue weighted by molar-refractivity contribution is 0.138.